The summed E-state index contributed by atoms with van der Waals surface area (Å²) in [6.45, 7) is 6.48. The van der Waals surface area contributed by atoms with Crippen molar-refractivity contribution in [3.8, 4) is 0 Å². The van der Waals surface area contributed by atoms with Gasteiger partial charge in [-0.2, -0.15) is 0 Å². The fourth-order valence-electron chi connectivity index (χ4n) is 3.07. The molecular formula is C22H27FN2O2. The van der Waals surface area contributed by atoms with E-state index in [0.29, 0.717) is 13.0 Å². The third kappa shape index (κ3) is 5.64. The average molecular weight is 370 g/mol. The predicted molar refractivity (Wildman–Crippen MR) is 105 cm³/mol. The summed E-state index contributed by atoms with van der Waals surface area (Å²) >= 11 is 0. The second-order valence-electron chi connectivity index (χ2n) is 6.57. The summed E-state index contributed by atoms with van der Waals surface area (Å²) in [4.78, 5) is 27.2. The fraction of sp³-hybridized carbons (Fsp3) is 0.364. The SMILES string of the molecule is CCNC(=O)C(CC)N(Cc1ccc(F)cc1)C(=O)Cc1ccccc1C. The Bertz CT molecular complexity index is 774. The molecule has 1 unspecified atom stereocenters. The Morgan fingerprint density at radius 1 is 1.07 bits per heavy atom. The van der Waals surface area contributed by atoms with E-state index in [9.17, 15) is 14.0 Å². The Morgan fingerprint density at radius 3 is 2.33 bits per heavy atom. The zero-order valence-corrected chi connectivity index (χ0v) is 16.2. The highest BCUT2D eigenvalue weighted by Gasteiger charge is 2.28. The molecule has 0 heterocycles. The van der Waals surface area contributed by atoms with Crippen LogP contribution < -0.4 is 5.32 Å². The maximum Gasteiger partial charge on any atom is 0.242 e. The number of nitrogens with zero attached hydrogens (tertiary/aromatic N) is 1. The third-order valence-corrected chi connectivity index (χ3v) is 4.61. The van der Waals surface area contributed by atoms with Gasteiger partial charge in [0.05, 0.1) is 6.42 Å². The Labute approximate surface area is 160 Å². The number of carbonyl (C=O) groups is 2. The van der Waals surface area contributed by atoms with Gasteiger partial charge in [-0.3, -0.25) is 9.59 Å². The van der Waals surface area contributed by atoms with Crippen LogP contribution in [0.4, 0.5) is 4.39 Å². The first-order valence-electron chi connectivity index (χ1n) is 9.32. The van der Waals surface area contributed by atoms with E-state index in [0.717, 1.165) is 16.7 Å². The van der Waals surface area contributed by atoms with Crippen molar-refractivity contribution in [3.05, 3.63) is 71.0 Å². The molecule has 144 valence electrons. The Balaban J connectivity index is 2.29. The molecule has 0 aliphatic rings. The Morgan fingerprint density at radius 2 is 1.74 bits per heavy atom. The first-order valence-corrected chi connectivity index (χ1v) is 9.32. The minimum atomic E-state index is -0.563. The lowest BCUT2D eigenvalue weighted by atomic mass is 10.0. The van der Waals surface area contributed by atoms with Crippen LogP contribution in [-0.4, -0.2) is 29.3 Å². The molecule has 0 aromatic heterocycles. The van der Waals surface area contributed by atoms with Crippen molar-refractivity contribution in [2.24, 2.45) is 0 Å². The number of hydrogen-bond acceptors (Lipinski definition) is 2. The number of nitrogens with one attached hydrogen (secondary N) is 1. The van der Waals surface area contributed by atoms with Crippen LogP contribution >= 0.6 is 0 Å². The number of halogens is 1. The molecule has 2 rings (SSSR count). The van der Waals surface area contributed by atoms with E-state index in [1.54, 1.807) is 17.0 Å². The number of rotatable bonds is 8. The molecule has 0 saturated heterocycles. The van der Waals surface area contributed by atoms with Gasteiger partial charge in [0, 0.05) is 13.1 Å². The van der Waals surface area contributed by atoms with Crippen molar-refractivity contribution in [1.82, 2.24) is 10.2 Å². The van der Waals surface area contributed by atoms with Gasteiger partial charge >= 0.3 is 0 Å². The zero-order valence-electron chi connectivity index (χ0n) is 16.2. The highest BCUT2D eigenvalue weighted by Crippen LogP contribution is 2.16. The van der Waals surface area contributed by atoms with Crippen molar-refractivity contribution in [1.29, 1.82) is 0 Å². The molecule has 0 radical (unpaired) electrons. The van der Waals surface area contributed by atoms with E-state index in [2.05, 4.69) is 5.32 Å². The number of benzene rings is 2. The molecule has 2 aromatic rings. The summed E-state index contributed by atoms with van der Waals surface area (Å²) in [5, 5.41) is 2.81. The second-order valence-corrected chi connectivity index (χ2v) is 6.57. The van der Waals surface area contributed by atoms with Crippen molar-refractivity contribution >= 4 is 11.8 Å². The quantitative estimate of drug-likeness (QED) is 0.772. The molecule has 0 saturated carbocycles. The van der Waals surface area contributed by atoms with Crippen molar-refractivity contribution in [3.63, 3.8) is 0 Å². The smallest absolute Gasteiger partial charge is 0.242 e. The van der Waals surface area contributed by atoms with Gasteiger partial charge in [-0.1, -0.05) is 43.3 Å². The van der Waals surface area contributed by atoms with Gasteiger partial charge in [0.2, 0.25) is 11.8 Å². The molecule has 0 aliphatic carbocycles. The largest absolute Gasteiger partial charge is 0.355 e. The van der Waals surface area contributed by atoms with Crippen LogP contribution in [0.15, 0.2) is 48.5 Å². The number of amides is 2. The van der Waals surface area contributed by atoms with Crippen LogP contribution in [0.1, 0.15) is 37.0 Å². The van der Waals surface area contributed by atoms with Crippen molar-refractivity contribution in [2.75, 3.05) is 6.54 Å². The van der Waals surface area contributed by atoms with Crippen LogP contribution in [0.2, 0.25) is 0 Å². The molecular weight excluding hydrogens is 343 g/mol. The highest BCUT2D eigenvalue weighted by atomic mass is 19.1. The predicted octanol–water partition coefficient (Wildman–Crippen LogP) is 3.62. The van der Waals surface area contributed by atoms with Gasteiger partial charge in [-0.15, -0.1) is 0 Å². The summed E-state index contributed by atoms with van der Waals surface area (Å²) in [6, 6.07) is 13.2. The molecule has 2 aromatic carbocycles. The van der Waals surface area contributed by atoms with Crippen LogP contribution in [-0.2, 0) is 22.6 Å². The summed E-state index contributed by atoms with van der Waals surface area (Å²) in [5.41, 5.74) is 2.77. The lowest BCUT2D eigenvalue weighted by Gasteiger charge is -2.31. The molecule has 0 spiro atoms. The van der Waals surface area contributed by atoms with Gasteiger partial charge in [0.25, 0.3) is 0 Å². The van der Waals surface area contributed by atoms with Gasteiger partial charge in [0.15, 0.2) is 0 Å². The topological polar surface area (TPSA) is 49.4 Å². The number of hydrogen-bond donors (Lipinski definition) is 1. The standard InChI is InChI=1S/C22H27FN2O2/c1-4-20(22(27)24-5-2)25(15-17-10-12-19(23)13-11-17)21(26)14-18-9-7-6-8-16(18)3/h6-13,20H,4-5,14-15H2,1-3H3,(H,24,27). The maximum absolute atomic E-state index is 13.2. The van der Waals surface area contributed by atoms with Gasteiger partial charge in [-0.05, 0) is 49.1 Å². The average Bonchev–Trinajstić information content (AvgIpc) is 2.65. The summed E-state index contributed by atoms with van der Waals surface area (Å²) in [6.07, 6.45) is 0.732. The van der Waals surface area contributed by atoms with Crippen LogP contribution in [0.25, 0.3) is 0 Å². The van der Waals surface area contributed by atoms with Crippen LogP contribution in [0, 0.1) is 12.7 Å². The Hall–Kier alpha value is -2.69. The van der Waals surface area contributed by atoms with E-state index >= 15 is 0 Å². The minimum Gasteiger partial charge on any atom is -0.355 e. The minimum absolute atomic E-state index is 0.119. The molecule has 4 nitrogen and oxygen atoms in total. The highest BCUT2D eigenvalue weighted by molar-refractivity contribution is 5.88. The summed E-state index contributed by atoms with van der Waals surface area (Å²) < 4.78 is 13.2. The molecule has 0 fully saturated rings. The maximum atomic E-state index is 13.2. The van der Waals surface area contributed by atoms with E-state index in [1.807, 2.05) is 45.0 Å². The summed E-state index contributed by atoms with van der Waals surface area (Å²) in [7, 11) is 0. The van der Waals surface area contributed by atoms with E-state index in [4.69, 9.17) is 0 Å². The molecule has 0 bridgehead atoms. The lowest BCUT2D eigenvalue weighted by molar-refractivity contribution is -0.140. The molecule has 2 amide bonds. The first kappa shape index (κ1) is 20.6. The third-order valence-electron chi connectivity index (χ3n) is 4.61. The number of likely N-dealkylation sites (N-methyl/N-ethyl adjacent to an activating group) is 1. The normalized spacial score (nSPS) is 11.7. The second kappa shape index (κ2) is 9.86. The zero-order chi connectivity index (χ0) is 19.8. The Kier molecular flexibility index (Phi) is 7.53. The van der Waals surface area contributed by atoms with E-state index in [1.165, 1.54) is 12.1 Å². The van der Waals surface area contributed by atoms with Crippen LogP contribution in [0.5, 0.6) is 0 Å². The van der Waals surface area contributed by atoms with E-state index in [-0.39, 0.29) is 30.6 Å². The lowest BCUT2D eigenvalue weighted by Crippen LogP contribution is -2.49. The van der Waals surface area contributed by atoms with Gasteiger partial charge < -0.3 is 10.2 Å². The molecule has 1 atom stereocenters. The van der Waals surface area contributed by atoms with Crippen molar-refractivity contribution < 1.29 is 14.0 Å². The van der Waals surface area contributed by atoms with Crippen LogP contribution in [0.3, 0.4) is 0 Å². The summed E-state index contributed by atoms with van der Waals surface area (Å²) in [5.74, 6) is -0.612. The fourth-order valence-corrected chi connectivity index (χ4v) is 3.07. The molecule has 1 N–H and O–H groups in total. The van der Waals surface area contributed by atoms with Crippen molar-refractivity contribution in [2.45, 2.75) is 46.2 Å². The van der Waals surface area contributed by atoms with Gasteiger partial charge in [0.1, 0.15) is 11.9 Å². The number of carbonyl (C=O) groups excluding carboxylic acids is 2. The molecule has 27 heavy (non-hydrogen) atoms. The molecule has 0 aliphatic heterocycles. The first-order chi connectivity index (χ1) is 13.0. The van der Waals surface area contributed by atoms with Gasteiger partial charge in [-0.25, -0.2) is 4.39 Å². The monoisotopic (exact) mass is 370 g/mol. The van der Waals surface area contributed by atoms with E-state index < -0.39 is 6.04 Å². The molecule has 5 heteroatoms. The number of aryl methyl sites for hydroxylation is 1.